The summed E-state index contributed by atoms with van der Waals surface area (Å²) in [6, 6.07) is 12.5. The van der Waals surface area contributed by atoms with E-state index in [0.29, 0.717) is 5.75 Å². The lowest BCUT2D eigenvalue weighted by Gasteiger charge is -2.21. The van der Waals surface area contributed by atoms with E-state index in [1.165, 1.54) is 36.6 Å². The molecule has 0 saturated carbocycles. The summed E-state index contributed by atoms with van der Waals surface area (Å²) < 4.78 is 11.2. The Labute approximate surface area is 227 Å². The number of ketones is 1. The quantitative estimate of drug-likeness (QED) is 0.113. The minimum Gasteiger partial charge on any atom is -0.496 e. The highest BCUT2D eigenvalue weighted by molar-refractivity contribution is 7.13. The zero-order valence-electron chi connectivity index (χ0n) is 20.9. The molecule has 0 aliphatic carbocycles. The van der Waals surface area contributed by atoms with Gasteiger partial charge in [0.25, 0.3) is 5.91 Å². The van der Waals surface area contributed by atoms with Crippen LogP contribution in [-0.4, -0.2) is 59.4 Å². The van der Waals surface area contributed by atoms with Gasteiger partial charge in [-0.3, -0.25) is 19.8 Å². The smallest absolute Gasteiger partial charge is 0.372 e. The van der Waals surface area contributed by atoms with E-state index in [0.717, 1.165) is 10.4 Å². The van der Waals surface area contributed by atoms with Gasteiger partial charge in [-0.05, 0) is 47.7 Å². The summed E-state index contributed by atoms with van der Waals surface area (Å²) >= 11 is 1.51. The van der Waals surface area contributed by atoms with E-state index in [9.17, 15) is 24.3 Å². The Morgan fingerprint density at radius 2 is 1.85 bits per heavy atom. The summed E-state index contributed by atoms with van der Waals surface area (Å²) in [7, 11) is 1.43. The monoisotopic (exact) mass is 553 g/mol. The zero-order chi connectivity index (χ0) is 28.5. The normalized spacial score (nSPS) is 11.3. The van der Waals surface area contributed by atoms with Gasteiger partial charge in [-0.2, -0.15) is 0 Å². The molecule has 2 aromatic carbocycles. The number of amidine groups is 1. The maximum Gasteiger partial charge on any atom is 0.372 e. The number of aliphatic carboxylic acids is 2. The molecule has 1 amide bonds. The van der Waals surface area contributed by atoms with Crippen molar-refractivity contribution in [2.75, 3.05) is 13.7 Å². The topological polar surface area (TPSA) is 189 Å². The van der Waals surface area contributed by atoms with Crippen molar-refractivity contribution in [3.63, 3.8) is 0 Å². The highest BCUT2D eigenvalue weighted by Crippen LogP contribution is 2.30. The van der Waals surface area contributed by atoms with Crippen molar-refractivity contribution in [1.82, 2.24) is 5.32 Å². The van der Waals surface area contributed by atoms with Crippen molar-refractivity contribution < 1.29 is 38.9 Å². The van der Waals surface area contributed by atoms with Crippen LogP contribution < -0.4 is 20.5 Å². The minimum atomic E-state index is -1.61. The van der Waals surface area contributed by atoms with E-state index >= 15 is 0 Å². The molecule has 6 N–H and O–H groups in total. The van der Waals surface area contributed by atoms with Gasteiger partial charge in [0.2, 0.25) is 5.78 Å². The van der Waals surface area contributed by atoms with Crippen molar-refractivity contribution in [3.8, 4) is 21.9 Å². The Morgan fingerprint density at radius 1 is 1.08 bits per heavy atom. The number of ether oxygens (including phenoxy) is 2. The fraction of sp³-hybridized carbons (Fsp3) is 0.222. The number of carbonyl (C=O) groups excluding carboxylic acids is 2. The average Bonchev–Trinajstić information content (AvgIpc) is 3.45. The molecular weight excluding hydrogens is 526 g/mol. The lowest BCUT2D eigenvalue weighted by molar-refractivity contribution is -0.148. The van der Waals surface area contributed by atoms with Gasteiger partial charge in [0, 0.05) is 28.8 Å². The molecule has 12 heteroatoms. The van der Waals surface area contributed by atoms with Crippen LogP contribution in [0.4, 0.5) is 0 Å². The summed E-state index contributed by atoms with van der Waals surface area (Å²) in [4.78, 5) is 48.4. The summed E-state index contributed by atoms with van der Waals surface area (Å²) in [6.07, 6.45) is -0.718. The summed E-state index contributed by atoms with van der Waals surface area (Å²) in [5.74, 6) is -4.12. The molecule has 1 aromatic heterocycles. The number of carboxylic acids is 2. The maximum atomic E-state index is 13.3. The molecule has 1 unspecified atom stereocenters. The van der Waals surface area contributed by atoms with Crippen LogP contribution in [-0.2, 0) is 20.8 Å². The molecule has 1 atom stereocenters. The van der Waals surface area contributed by atoms with Gasteiger partial charge < -0.3 is 30.7 Å². The number of nitrogen functional groups attached to an aromatic ring is 1. The first-order valence-corrected chi connectivity index (χ1v) is 12.6. The molecule has 1 heterocycles. The van der Waals surface area contributed by atoms with Crippen molar-refractivity contribution >= 4 is 40.8 Å². The molecule has 204 valence electrons. The van der Waals surface area contributed by atoms with Crippen LogP contribution in [0.15, 0.2) is 53.9 Å². The van der Waals surface area contributed by atoms with E-state index in [2.05, 4.69) is 5.32 Å². The second kappa shape index (κ2) is 13.2. The lowest BCUT2D eigenvalue weighted by Crippen LogP contribution is -2.39. The zero-order valence-corrected chi connectivity index (χ0v) is 21.7. The number of methoxy groups -OCH3 is 1. The number of carbonyl (C=O) groups is 4. The SMILES string of the molecule is COc1ccc(-c2cccs2)cc1C(=O)NC(CCC(=O)O)COc1cc(C(=N)N)ccc1CC(=O)C(=O)O. The Balaban J connectivity index is 1.85. The van der Waals surface area contributed by atoms with Crippen molar-refractivity contribution in [1.29, 1.82) is 5.41 Å². The second-order valence-corrected chi connectivity index (χ2v) is 9.40. The Hall–Kier alpha value is -4.71. The fourth-order valence-electron chi connectivity index (χ4n) is 3.68. The molecule has 0 aliphatic rings. The first-order chi connectivity index (χ1) is 18.6. The number of rotatable bonds is 14. The summed E-state index contributed by atoms with van der Waals surface area (Å²) in [5.41, 5.74) is 7.12. The molecule has 11 nitrogen and oxygen atoms in total. The molecule has 0 saturated heterocycles. The van der Waals surface area contributed by atoms with Crippen LogP contribution in [0.25, 0.3) is 10.4 Å². The van der Waals surface area contributed by atoms with Gasteiger partial charge in [0.05, 0.1) is 18.7 Å². The second-order valence-electron chi connectivity index (χ2n) is 8.45. The van der Waals surface area contributed by atoms with Crippen LogP contribution in [0.5, 0.6) is 11.5 Å². The van der Waals surface area contributed by atoms with Crippen LogP contribution in [0.1, 0.15) is 34.3 Å². The molecule has 0 fully saturated rings. The fourth-order valence-corrected chi connectivity index (χ4v) is 4.40. The minimum absolute atomic E-state index is 0.0177. The predicted molar refractivity (Wildman–Crippen MR) is 144 cm³/mol. The van der Waals surface area contributed by atoms with Gasteiger partial charge in [-0.1, -0.05) is 18.2 Å². The van der Waals surface area contributed by atoms with Gasteiger partial charge in [0.15, 0.2) is 0 Å². The van der Waals surface area contributed by atoms with E-state index in [4.69, 9.17) is 25.7 Å². The number of nitrogens with two attached hydrogens (primary N) is 1. The maximum absolute atomic E-state index is 13.3. The molecule has 0 bridgehead atoms. The standard InChI is InChI=1S/C27H27N3O8S/c1-37-21-8-6-16(23-3-2-10-39-23)11-19(21)26(34)30-18(7-9-24(32)33)14-38-22-13-17(25(28)29)5-4-15(22)12-20(31)27(35)36/h2-6,8,10-11,13,18H,7,9,12,14H2,1H3,(H3,28,29)(H,30,34)(H,32,33)(H,35,36). The van der Waals surface area contributed by atoms with Crippen LogP contribution in [0, 0.1) is 5.41 Å². The largest absolute Gasteiger partial charge is 0.496 e. The van der Waals surface area contributed by atoms with E-state index in [1.54, 1.807) is 12.1 Å². The number of hydrogen-bond donors (Lipinski definition) is 5. The third kappa shape index (κ3) is 7.89. The van der Waals surface area contributed by atoms with Gasteiger partial charge in [-0.15, -0.1) is 11.3 Å². The van der Waals surface area contributed by atoms with E-state index < -0.39 is 36.1 Å². The van der Waals surface area contributed by atoms with Crippen LogP contribution in [0.2, 0.25) is 0 Å². The number of nitrogens with one attached hydrogen (secondary N) is 2. The first kappa shape index (κ1) is 28.9. The Morgan fingerprint density at radius 3 is 2.46 bits per heavy atom. The molecule has 0 spiro atoms. The summed E-state index contributed by atoms with van der Waals surface area (Å²) in [5, 5.41) is 30.6. The molecule has 3 rings (SSSR count). The van der Waals surface area contributed by atoms with Gasteiger partial charge in [0.1, 0.15) is 23.9 Å². The lowest BCUT2D eigenvalue weighted by atomic mass is 10.0. The number of benzene rings is 2. The molecular formula is C27H27N3O8S. The van der Waals surface area contributed by atoms with Gasteiger partial charge >= 0.3 is 11.9 Å². The third-order valence-corrected chi connectivity index (χ3v) is 6.62. The summed E-state index contributed by atoms with van der Waals surface area (Å²) in [6.45, 7) is -0.207. The number of amides is 1. The van der Waals surface area contributed by atoms with Crippen molar-refractivity contribution in [3.05, 3.63) is 70.6 Å². The molecule has 3 aromatic rings. The number of hydrogen-bond acceptors (Lipinski definition) is 8. The average molecular weight is 554 g/mol. The third-order valence-electron chi connectivity index (χ3n) is 5.70. The van der Waals surface area contributed by atoms with Crippen LogP contribution >= 0.6 is 11.3 Å². The molecule has 39 heavy (non-hydrogen) atoms. The highest BCUT2D eigenvalue weighted by atomic mass is 32.1. The highest BCUT2D eigenvalue weighted by Gasteiger charge is 2.22. The first-order valence-electron chi connectivity index (χ1n) is 11.7. The van der Waals surface area contributed by atoms with Crippen molar-refractivity contribution in [2.24, 2.45) is 5.73 Å². The number of Topliss-reactive ketones (excluding diaryl/α,β-unsaturated/α-hetero) is 1. The van der Waals surface area contributed by atoms with E-state index in [-0.39, 0.29) is 47.7 Å². The van der Waals surface area contributed by atoms with E-state index in [1.807, 2.05) is 23.6 Å². The van der Waals surface area contributed by atoms with Crippen LogP contribution in [0.3, 0.4) is 0 Å². The van der Waals surface area contributed by atoms with Crippen molar-refractivity contribution in [2.45, 2.75) is 25.3 Å². The van der Waals surface area contributed by atoms with Gasteiger partial charge in [-0.25, -0.2) is 4.79 Å². The predicted octanol–water partition coefficient (Wildman–Crippen LogP) is 2.95. The number of thiophene rings is 1. The Kier molecular flexibility index (Phi) is 9.76. The molecule has 0 aliphatic heterocycles. The Bertz CT molecular complexity index is 1390. The number of carboxylic acid groups (broad SMARTS) is 2. The molecule has 0 radical (unpaired) electrons.